The van der Waals surface area contributed by atoms with Gasteiger partial charge in [-0.15, -0.1) is 0 Å². The molecule has 0 atom stereocenters. The number of hydrogen-bond donors (Lipinski definition) is 1. The van der Waals surface area contributed by atoms with Crippen LogP contribution in [-0.2, 0) is 14.6 Å². The first-order valence-corrected chi connectivity index (χ1v) is 4.30. The molecular formula is C5H5F3O4S. The van der Waals surface area contributed by atoms with Gasteiger partial charge in [-0.3, -0.25) is 0 Å². The maximum absolute atomic E-state index is 11.7. The van der Waals surface area contributed by atoms with E-state index in [4.69, 9.17) is 5.11 Å². The molecule has 8 heteroatoms. The first-order valence-electron chi connectivity index (χ1n) is 2.81. The largest absolute Gasteiger partial charge is 0.501 e. The van der Waals surface area contributed by atoms with Crippen LogP contribution in [0.3, 0.4) is 0 Å². The van der Waals surface area contributed by atoms with Crippen LogP contribution < -0.4 is 0 Å². The number of aliphatic carboxylic acids is 1. The number of hydrogen-bond acceptors (Lipinski definition) is 3. The molecule has 0 aromatic heterocycles. The average molecular weight is 218 g/mol. The van der Waals surface area contributed by atoms with E-state index >= 15 is 0 Å². The van der Waals surface area contributed by atoms with Crippen molar-refractivity contribution in [3.8, 4) is 0 Å². The van der Waals surface area contributed by atoms with E-state index in [1.807, 2.05) is 0 Å². The Kier molecular flexibility index (Phi) is 3.09. The molecule has 0 fully saturated rings. The van der Waals surface area contributed by atoms with Crippen LogP contribution in [0.2, 0.25) is 0 Å². The minimum Gasteiger partial charge on any atom is -0.478 e. The molecule has 0 aliphatic carbocycles. The molecule has 0 amide bonds. The van der Waals surface area contributed by atoms with Crippen LogP contribution in [0.15, 0.2) is 11.0 Å². The fourth-order valence-corrected chi connectivity index (χ4v) is 1.06. The Balaban J connectivity index is 5.22. The molecule has 0 radical (unpaired) electrons. The number of alkyl halides is 3. The molecule has 0 heterocycles. The summed E-state index contributed by atoms with van der Waals surface area (Å²) in [5.41, 5.74) is -5.46. The van der Waals surface area contributed by atoms with E-state index < -0.39 is 26.2 Å². The zero-order valence-electron chi connectivity index (χ0n) is 6.29. The zero-order chi connectivity index (χ0) is 10.9. The fraction of sp³-hybridized carbons (Fsp3) is 0.400. The number of allylic oxidation sites excluding steroid dienone is 1. The molecule has 0 bridgehead atoms. The van der Waals surface area contributed by atoms with E-state index in [1.54, 1.807) is 0 Å². The Morgan fingerprint density at radius 3 is 2.00 bits per heavy atom. The predicted molar refractivity (Wildman–Crippen MR) is 36.4 cm³/mol. The van der Waals surface area contributed by atoms with Gasteiger partial charge < -0.3 is 5.11 Å². The lowest BCUT2D eigenvalue weighted by atomic mass is 10.5. The Morgan fingerprint density at radius 1 is 1.38 bits per heavy atom. The molecule has 0 aromatic carbocycles. The number of carbonyl (C=O) groups is 1. The molecule has 76 valence electrons. The van der Waals surface area contributed by atoms with E-state index in [1.165, 1.54) is 0 Å². The maximum atomic E-state index is 11.7. The molecule has 13 heavy (non-hydrogen) atoms. The Bertz CT molecular complexity index is 337. The highest BCUT2D eigenvalue weighted by Crippen LogP contribution is 2.28. The number of carboxylic acid groups (broad SMARTS) is 1. The summed E-state index contributed by atoms with van der Waals surface area (Å²) in [4.78, 5) is 8.63. The minimum atomic E-state index is -5.49. The van der Waals surface area contributed by atoms with Crippen molar-refractivity contribution in [2.24, 2.45) is 0 Å². The van der Waals surface area contributed by atoms with Crippen LogP contribution >= 0.6 is 0 Å². The summed E-state index contributed by atoms with van der Waals surface area (Å²) in [6, 6.07) is 0. The van der Waals surface area contributed by atoms with Crippen molar-refractivity contribution in [1.29, 1.82) is 0 Å². The van der Waals surface area contributed by atoms with Gasteiger partial charge in [0.15, 0.2) is 0 Å². The van der Waals surface area contributed by atoms with Crippen LogP contribution in [0.25, 0.3) is 0 Å². The van der Waals surface area contributed by atoms with Gasteiger partial charge in [0.25, 0.3) is 9.84 Å². The van der Waals surface area contributed by atoms with E-state index in [0.717, 1.165) is 0 Å². The molecule has 0 spiro atoms. The standard InChI is InChI=1S/C5H5F3O4S/c1-3(2-4(9)10)13(11,12)5(6,7)8/h2H,1H3,(H,9,10)/b3-2-. The topological polar surface area (TPSA) is 71.4 Å². The Hall–Kier alpha value is -1.05. The van der Waals surface area contributed by atoms with Crippen molar-refractivity contribution in [2.75, 3.05) is 0 Å². The van der Waals surface area contributed by atoms with Gasteiger partial charge in [-0.25, -0.2) is 13.2 Å². The van der Waals surface area contributed by atoms with E-state index in [0.29, 0.717) is 6.92 Å². The second kappa shape index (κ2) is 3.36. The van der Waals surface area contributed by atoms with Crippen molar-refractivity contribution in [2.45, 2.75) is 12.4 Å². The molecule has 4 nitrogen and oxygen atoms in total. The third kappa shape index (κ3) is 2.72. The molecule has 0 aromatic rings. The monoisotopic (exact) mass is 218 g/mol. The number of halogens is 3. The van der Waals surface area contributed by atoms with Gasteiger partial charge in [0, 0.05) is 6.08 Å². The molecule has 0 aliphatic heterocycles. The van der Waals surface area contributed by atoms with Gasteiger partial charge in [-0.2, -0.15) is 13.2 Å². The highest BCUT2D eigenvalue weighted by molar-refractivity contribution is 7.96. The van der Waals surface area contributed by atoms with E-state index in [9.17, 15) is 26.4 Å². The lowest BCUT2D eigenvalue weighted by molar-refractivity contribution is -0.131. The first-order chi connectivity index (χ1) is 5.59. The van der Waals surface area contributed by atoms with Crippen LogP contribution in [0, 0.1) is 0 Å². The fourth-order valence-electron chi connectivity index (χ4n) is 0.434. The van der Waals surface area contributed by atoms with Gasteiger partial charge in [0.2, 0.25) is 0 Å². The highest BCUT2D eigenvalue weighted by atomic mass is 32.2. The summed E-state index contributed by atoms with van der Waals surface area (Å²) < 4.78 is 56.0. The van der Waals surface area contributed by atoms with Gasteiger partial charge in [-0.1, -0.05) is 0 Å². The predicted octanol–water partition coefficient (Wildman–Crippen LogP) is 0.909. The lowest BCUT2D eigenvalue weighted by Crippen LogP contribution is -2.24. The third-order valence-electron chi connectivity index (χ3n) is 1.06. The highest BCUT2D eigenvalue weighted by Gasteiger charge is 2.46. The zero-order valence-corrected chi connectivity index (χ0v) is 7.11. The summed E-state index contributed by atoms with van der Waals surface area (Å²) in [6.45, 7) is 0.566. The quantitative estimate of drug-likeness (QED) is 0.699. The minimum absolute atomic E-state index is 0.0111. The van der Waals surface area contributed by atoms with Crippen molar-refractivity contribution >= 4 is 15.8 Å². The second-order valence-electron chi connectivity index (χ2n) is 2.04. The van der Waals surface area contributed by atoms with Gasteiger partial charge in [0.1, 0.15) is 0 Å². The summed E-state index contributed by atoms with van der Waals surface area (Å²) in [5.74, 6) is -1.75. The van der Waals surface area contributed by atoms with Crippen LogP contribution in [0.5, 0.6) is 0 Å². The molecule has 0 saturated heterocycles. The van der Waals surface area contributed by atoms with Crippen molar-refractivity contribution in [3.63, 3.8) is 0 Å². The smallest absolute Gasteiger partial charge is 0.478 e. The second-order valence-corrected chi connectivity index (χ2v) is 4.16. The molecule has 1 N–H and O–H groups in total. The van der Waals surface area contributed by atoms with E-state index in [-0.39, 0.29) is 6.08 Å². The molecule has 0 rings (SSSR count). The summed E-state index contributed by atoms with van der Waals surface area (Å²) in [7, 11) is -5.49. The maximum Gasteiger partial charge on any atom is 0.501 e. The van der Waals surface area contributed by atoms with Crippen LogP contribution in [-0.4, -0.2) is 25.0 Å². The average Bonchev–Trinajstić information content (AvgIpc) is 1.82. The third-order valence-corrected chi connectivity index (χ3v) is 2.63. The van der Waals surface area contributed by atoms with Gasteiger partial charge >= 0.3 is 11.5 Å². The molecule has 0 saturated carbocycles. The Morgan fingerprint density at radius 2 is 1.77 bits per heavy atom. The number of carboxylic acids is 1. The van der Waals surface area contributed by atoms with Crippen molar-refractivity contribution in [3.05, 3.63) is 11.0 Å². The van der Waals surface area contributed by atoms with Crippen molar-refractivity contribution < 1.29 is 31.5 Å². The summed E-state index contributed by atoms with van der Waals surface area (Å²) >= 11 is 0. The van der Waals surface area contributed by atoms with E-state index in [2.05, 4.69) is 0 Å². The van der Waals surface area contributed by atoms with Gasteiger partial charge in [-0.05, 0) is 6.92 Å². The molecule has 0 aliphatic rings. The van der Waals surface area contributed by atoms with Gasteiger partial charge in [0.05, 0.1) is 4.91 Å². The van der Waals surface area contributed by atoms with Crippen molar-refractivity contribution in [1.82, 2.24) is 0 Å². The SMILES string of the molecule is C/C(=C/C(=O)O)S(=O)(=O)C(F)(F)F. The number of sulfone groups is 1. The normalized spacial score (nSPS) is 14.3. The molecule has 0 unspecified atom stereocenters. The first kappa shape index (κ1) is 11.9. The Labute approximate surface area is 71.6 Å². The summed E-state index contributed by atoms with van der Waals surface area (Å²) in [5, 5.41) is 8.00. The van der Waals surface area contributed by atoms with Crippen LogP contribution in [0.1, 0.15) is 6.92 Å². The summed E-state index contributed by atoms with van der Waals surface area (Å²) in [6.07, 6.45) is -0.0111. The number of rotatable bonds is 2. The van der Waals surface area contributed by atoms with Crippen LogP contribution in [0.4, 0.5) is 13.2 Å². The lowest BCUT2D eigenvalue weighted by Gasteiger charge is -2.06. The molecular weight excluding hydrogens is 213 g/mol.